The van der Waals surface area contributed by atoms with Crippen LogP contribution in [0, 0.1) is 0 Å². The molecule has 6 heteroatoms. The number of aliphatic hydroxyl groups excluding tert-OH is 1. The van der Waals surface area contributed by atoms with Crippen molar-refractivity contribution in [1.82, 2.24) is 19.9 Å². The van der Waals surface area contributed by atoms with Crippen molar-refractivity contribution in [1.29, 1.82) is 0 Å². The van der Waals surface area contributed by atoms with Gasteiger partial charge < -0.3 is 5.11 Å². The van der Waals surface area contributed by atoms with Gasteiger partial charge >= 0.3 is 0 Å². The maximum Gasteiger partial charge on any atom is 0.188 e. The van der Waals surface area contributed by atoms with Gasteiger partial charge in [-0.15, -0.1) is 11.3 Å². The van der Waals surface area contributed by atoms with Crippen molar-refractivity contribution in [2.24, 2.45) is 0 Å². The largest absolute Gasteiger partial charge is 0.396 e. The molecular weight excluding hydrogens is 296 g/mol. The van der Waals surface area contributed by atoms with Gasteiger partial charge in [-0.05, 0) is 31.9 Å². The molecular formula is C16H22N4OS. The number of aromatic nitrogens is 3. The molecule has 0 amide bonds. The number of likely N-dealkylation sites (tertiary alicyclic amines) is 1. The van der Waals surface area contributed by atoms with Crippen molar-refractivity contribution in [3.8, 4) is 10.8 Å². The molecule has 2 aromatic rings. The average Bonchev–Trinajstić information content (AvgIpc) is 2.91. The van der Waals surface area contributed by atoms with E-state index in [1.807, 2.05) is 6.07 Å². The Hall–Kier alpha value is -1.37. The van der Waals surface area contributed by atoms with Crippen molar-refractivity contribution in [3.63, 3.8) is 0 Å². The molecule has 22 heavy (non-hydrogen) atoms. The van der Waals surface area contributed by atoms with E-state index in [2.05, 4.69) is 25.2 Å². The third kappa shape index (κ3) is 3.88. The Labute approximate surface area is 135 Å². The zero-order valence-corrected chi connectivity index (χ0v) is 13.5. The van der Waals surface area contributed by atoms with E-state index in [0.717, 1.165) is 30.2 Å². The Morgan fingerprint density at radius 3 is 2.91 bits per heavy atom. The lowest BCUT2D eigenvalue weighted by Crippen LogP contribution is -2.35. The molecule has 2 aromatic heterocycles. The number of rotatable bonds is 5. The van der Waals surface area contributed by atoms with E-state index in [1.165, 1.54) is 25.7 Å². The molecule has 3 heterocycles. The summed E-state index contributed by atoms with van der Waals surface area (Å²) in [6.45, 7) is 2.22. The third-order valence-corrected chi connectivity index (χ3v) is 5.02. The van der Waals surface area contributed by atoms with Gasteiger partial charge in [0.25, 0.3) is 0 Å². The normalized spacial score (nSPS) is 20.0. The first kappa shape index (κ1) is 15.5. The van der Waals surface area contributed by atoms with E-state index in [-0.39, 0.29) is 6.61 Å². The van der Waals surface area contributed by atoms with Gasteiger partial charge in [-0.3, -0.25) is 4.90 Å². The number of aliphatic hydroxyl groups is 1. The lowest BCUT2D eigenvalue weighted by Gasteiger charge is -2.28. The maximum absolute atomic E-state index is 9.29. The predicted molar refractivity (Wildman–Crippen MR) is 87.5 cm³/mol. The molecule has 1 atom stereocenters. The number of thiazole rings is 1. The van der Waals surface area contributed by atoms with Crippen LogP contribution < -0.4 is 0 Å². The van der Waals surface area contributed by atoms with Crippen LogP contribution in [0.5, 0.6) is 0 Å². The third-order valence-electron chi connectivity index (χ3n) is 4.14. The minimum absolute atomic E-state index is 0.265. The summed E-state index contributed by atoms with van der Waals surface area (Å²) in [6, 6.07) is 2.29. The van der Waals surface area contributed by atoms with Crippen LogP contribution in [-0.4, -0.2) is 44.2 Å². The maximum atomic E-state index is 9.29. The van der Waals surface area contributed by atoms with Gasteiger partial charge in [0.05, 0.1) is 5.69 Å². The van der Waals surface area contributed by atoms with Crippen molar-refractivity contribution in [3.05, 3.63) is 29.5 Å². The second-order valence-corrected chi connectivity index (χ2v) is 6.56. The van der Waals surface area contributed by atoms with Gasteiger partial charge in [0.2, 0.25) is 0 Å². The molecule has 1 saturated heterocycles. The summed E-state index contributed by atoms with van der Waals surface area (Å²) in [5, 5.41) is 12.3. The average molecular weight is 318 g/mol. The van der Waals surface area contributed by atoms with E-state index in [9.17, 15) is 5.11 Å². The van der Waals surface area contributed by atoms with Crippen molar-refractivity contribution in [2.75, 3.05) is 13.2 Å². The fraction of sp³-hybridized carbons (Fsp3) is 0.562. The lowest BCUT2D eigenvalue weighted by molar-refractivity contribution is 0.150. The Morgan fingerprint density at radius 1 is 1.23 bits per heavy atom. The van der Waals surface area contributed by atoms with E-state index >= 15 is 0 Å². The summed E-state index contributed by atoms with van der Waals surface area (Å²) >= 11 is 1.60. The first-order valence-corrected chi connectivity index (χ1v) is 8.81. The molecule has 0 radical (unpaired) electrons. The Morgan fingerprint density at radius 2 is 2.09 bits per heavy atom. The zero-order chi connectivity index (χ0) is 15.2. The van der Waals surface area contributed by atoms with Crippen molar-refractivity contribution >= 4 is 11.3 Å². The van der Waals surface area contributed by atoms with Gasteiger partial charge in [0.15, 0.2) is 10.8 Å². The van der Waals surface area contributed by atoms with Gasteiger partial charge in [-0.1, -0.05) is 12.8 Å². The van der Waals surface area contributed by atoms with E-state index in [1.54, 1.807) is 23.7 Å². The number of hydrogen-bond donors (Lipinski definition) is 1. The molecule has 1 aliphatic heterocycles. The van der Waals surface area contributed by atoms with Crippen molar-refractivity contribution < 1.29 is 5.11 Å². The summed E-state index contributed by atoms with van der Waals surface area (Å²) in [6.07, 6.45) is 9.32. The van der Waals surface area contributed by atoms with Crippen LogP contribution >= 0.6 is 11.3 Å². The monoisotopic (exact) mass is 318 g/mol. The molecule has 1 unspecified atom stereocenters. The van der Waals surface area contributed by atoms with Crippen LogP contribution in [0.1, 0.15) is 37.8 Å². The molecule has 0 spiro atoms. The lowest BCUT2D eigenvalue weighted by atomic mass is 10.1. The van der Waals surface area contributed by atoms with Crippen LogP contribution in [0.3, 0.4) is 0 Å². The summed E-state index contributed by atoms with van der Waals surface area (Å²) in [4.78, 5) is 15.7. The van der Waals surface area contributed by atoms with Crippen LogP contribution in [0.25, 0.3) is 10.8 Å². The van der Waals surface area contributed by atoms with Crippen LogP contribution in [-0.2, 0) is 6.54 Å². The van der Waals surface area contributed by atoms with Crippen LogP contribution in [0.15, 0.2) is 23.8 Å². The molecule has 0 bridgehead atoms. The number of hydrogen-bond acceptors (Lipinski definition) is 6. The minimum atomic E-state index is 0.265. The van der Waals surface area contributed by atoms with E-state index < -0.39 is 0 Å². The number of nitrogens with zero attached hydrogens (tertiary/aromatic N) is 4. The summed E-state index contributed by atoms with van der Waals surface area (Å²) in [5.74, 6) is 0.696. The highest BCUT2D eigenvalue weighted by Gasteiger charge is 2.21. The smallest absolute Gasteiger partial charge is 0.188 e. The van der Waals surface area contributed by atoms with Crippen LogP contribution in [0.4, 0.5) is 0 Å². The quantitative estimate of drug-likeness (QED) is 0.918. The first-order valence-electron chi connectivity index (χ1n) is 7.93. The fourth-order valence-electron chi connectivity index (χ4n) is 3.02. The Bertz CT molecular complexity index is 575. The SMILES string of the molecule is OCCC1CCCCCN1Cc1csc(-c2ncccn2)n1. The van der Waals surface area contributed by atoms with E-state index in [0.29, 0.717) is 11.9 Å². The molecule has 118 valence electrons. The van der Waals surface area contributed by atoms with Crippen LogP contribution in [0.2, 0.25) is 0 Å². The molecule has 0 saturated carbocycles. The Balaban J connectivity index is 1.70. The molecule has 1 N–H and O–H groups in total. The summed E-state index contributed by atoms with van der Waals surface area (Å²) in [7, 11) is 0. The molecule has 5 nitrogen and oxygen atoms in total. The highest BCUT2D eigenvalue weighted by Crippen LogP contribution is 2.24. The van der Waals surface area contributed by atoms with Gasteiger partial charge in [0, 0.05) is 37.0 Å². The summed E-state index contributed by atoms with van der Waals surface area (Å²) < 4.78 is 0. The van der Waals surface area contributed by atoms with E-state index in [4.69, 9.17) is 0 Å². The fourth-order valence-corrected chi connectivity index (χ4v) is 3.78. The standard InChI is InChI=1S/C16H22N4OS/c21-10-6-14-5-2-1-3-9-20(14)11-13-12-22-16(19-13)15-17-7-4-8-18-15/h4,7-8,12,14,21H,1-3,5-6,9-11H2. The zero-order valence-electron chi connectivity index (χ0n) is 12.7. The van der Waals surface area contributed by atoms with Crippen molar-refractivity contribution in [2.45, 2.75) is 44.7 Å². The molecule has 1 fully saturated rings. The molecule has 3 rings (SSSR count). The second kappa shape index (κ2) is 7.76. The highest BCUT2D eigenvalue weighted by molar-refractivity contribution is 7.13. The Kier molecular flexibility index (Phi) is 5.48. The van der Waals surface area contributed by atoms with Gasteiger partial charge in [-0.2, -0.15) is 0 Å². The highest BCUT2D eigenvalue weighted by atomic mass is 32.1. The molecule has 1 aliphatic rings. The summed E-state index contributed by atoms with van der Waals surface area (Å²) in [5.41, 5.74) is 1.08. The van der Waals surface area contributed by atoms with Gasteiger partial charge in [-0.25, -0.2) is 15.0 Å². The topological polar surface area (TPSA) is 62.1 Å². The molecule has 0 aromatic carbocycles. The minimum Gasteiger partial charge on any atom is -0.396 e. The first-order chi connectivity index (χ1) is 10.9. The molecule has 0 aliphatic carbocycles. The van der Waals surface area contributed by atoms with Gasteiger partial charge in [0.1, 0.15) is 0 Å². The second-order valence-electron chi connectivity index (χ2n) is 5.70. The predicted octanol–water partition coefficient (Wildman–Crippen LogP) is 2.73.